The molecule has 118 valence electrons. The quantitative estimate of drug-likeness (QED) is 0.833. The summed E-state index contributed by atoms with van der Waals surface area (Å²) in [6.45, 7) is 13.7. The van der Waals surface area contributed by atoms with Crippen LogP contribution in [0.25, 0.3) is 0 Å². The van der Waals surface area contributed by atoms with Gasteiger partial charge in [-0.1, -0.05) is 19.9 Å². The zero-order valence-electron chi connectivity index (χ0n) is 14.0. The summed E-state index contributed by atoms with van der Waals surface area (Å²) in [5.74, 6) is 1.06. The molecule has 3 heteroatoms. The Morgan fingerprint density at radius 1 is 1.24 bits per heavy atom. The van der Waals surface area contributed by atoms with Gasteiger partial charge in [0.05, 0.1) is 6.61 Å². The zero-order valence-corrected chi connectivity index (χ0v) is 14.0. The van der Waals surface area contributed by atoms with E-state index in [1.54, 1.807) is 0 Å². The van der Waals surface area contributed by atoms with Crippen molar-refractivity contribution in [2.24, 2.45) is 0 Å². The second-order valence-corrected chi connectivity index (χ2v) is 5.97. The van der Waals surface area contributed by atoms with Crippen LogP contribution in [0, 0.1) is 0 Å². The summed E-state index contributed by atoms with van der Waals surface area (Å²) in [5, 5.41) is 3.42. The molecule has 0 saturated heterocycles. The lowest BCUT2D eigenvalue weighted by atomic mass is 9.92. The molecule has 1 aromatic carbocycles. The molecule has 0 amide bonds. The Kier molecular flexibility index (Phi) is 6.07. The Hall–Kier alpha value is -1.06. The fraction of sp³-hybridized carbons (Fsp3) is 0.667. The van der Waals surface area contributed by atoms with Gasteiger partial charge in [-0.25, -0.2) is 0 Å². The monoisotopic (exact) mass is 290 g/mol. The van der Waals surface area contributed by atoms with Crippen LogP contribution in [0.4, 0.5) is 0 Å². The molecule has 1 atom stereocenters. The van der Waals surface area contributed by atoms with E-state index in [0.717, 1.165) is 38.4 Å². The maximum Gasteiger partial charge on any atom is 0.124 e. The first-order valence-electron chi connectivity index (χ1n) is 8.41. The molecule has 0 radical (unpaired) electrons. The van der Waals surface area contributed by atoms with Crippen molar-refractivity contribution in [2.45, 2.75) is 59.7 Å². The third-order valence-electron chi connectivity index (χ3n) is 4.27. The fourth-order valence-electron chi connectivity index (χ4n) is 3.15. The van der Waals surface area contributed by atoms with Crippen LogP contribution in [0.3, 0.4) is 0 Å². The summed E-state index contributed by atoms with van der Waals surface area (Å²) in [4.78, 5) is 2.59. The van der Waals surface area contributed by atoms with Gasteiger partial charge in [-0.15, -0.1) is 0 Å². The van der Waals surface area contributed by atoms with Crippen LogP contribution in [-0.2, 0) is 19.5 Å². The van der Waals surface area contributed by atoms with Crippen molar-refractivity contribution in [1.82, 2.24) is 10.2 Å². The lowest BCUT2D eigenvalue weighted by molar-refractivity contribution is 0.184. The average Bonchev–Trinajstić information content (AvgIpc) is 2.47. The van der Waals surface area contributed by atoms with Crippen LogP contribution in [0.2, 0.25) is 0 Å². The second-order valence-electron chi connectivity index (χ2n) is 5.97. The molecular weight excluding hydrogens is 260 g/mol. The van der Waals surface area contributed by atoms with Gasteiger partial charge in [-0.05, 0) is 57.0 Å². The first-order valence-corrected chi connectivity index (χ1v) is 8.41. The smallest absolute Gasteiger partial charge is 0.124 e. The van der Waals surface area contributed by atoms with Gasteiger partial charge >= 0.3 is 0 Å². The highest BCUT2D eigenvalue weighted by Crippen LogP contribution is 2.30. The second kappa shape index (κ2) is 7.81. The van der Waals surface area contributed by atoms with E-state index >= 15 is 0 Å². The average molecular weight is 290 g/mol. The zero-order chi connectivity index (χ0) is 15.2. The molecule has 0 saturated carbocycles. The molecule has 0 aromatic heterocycles. The van der Waals surface area contributed by atoms with Crippen LogP contribution in [-0.4, -0.2) is 30.6 Å². The Balaban J connectivity index is 2.26. The van der Waals surface area contributed by atoms with Crippen LogP contribution in [0.15, 0.2) is 12.1 Å². The number of hydrogen-bond donors (Lipinski definition) is 1. The Labute approximate surface area is 129 Å². The van der Waals surface area contributed by atoms with Gasteiger partial charge in [0, 0.05) is 24.7 Å². The minimum atomic E-state index is 0.641. The molecule has 21 heavy (non-hydrogen) atoms. The van der Waals surface area contributed by atoms with E-state index < -0.39 is 0 Å². The van der Waals surface area contributed by atoms with Crippen molar-refractivity contribution in [2.75, 3.05) is 19.7 Å². The van der Waals surface area contributed by atoms with Crippen molar-refractivity contribution >= 4 is 0 Å². The minimum Gasteiger partial charge on any atom is -0.494 e. The predicted octanol–water partition coefficient (Wildman–Crippen LogP) is 3.35. The lowest BCUT2D eigenvalue weighted by Crippen LogP contribution is -2.38. The summed E-state index contributed by atoms with van der Waals surface area (Å²) >= 11 is 0. The summed E-state index contributed by atoms with van der Waals surface area (Å²) < 4.78 is 5.86. The number of hydrogen-bond acceptors (Lipinski definition) is 3. The molecule has 0 fully saturated rings. The standard InChI is InChI=1S/C18H30N2O/c1-5-8-20-13-17-11-18(21-7-3)16(12-19-6-2)10-15(17)9-14(20)4/h10-11,14,19H,5-9,12-13H2,1-4H3. The van der Waals surface area contributed by atoms with Crippen LogP contribution in [0.1, 0.15) is 50.8 Å². The number of fused-ring (bicyclic) bond motifs is 1. The minimum absolute atomic E-state index is 0.641. The van der Waals surface area contributed by atoms with Crippen molar-refractivity contribution in [3.8, 4) is 5.75 Å². The van der Waals surface area contributed by atoms with E-state index in [1.807, 2.05) is 0 Å². The number of rotatable bonds is 7. The summed E-state index contributed by atoms with van der Waals surface area (Å²) in [6, 6.07) is 5.28. The molecule has 0 bridgehead atoms. The van der Waals surface area contributed by atoms with Gasteiger partial charge in [0.15, 0.2) is 0 Å². The molecule has 1 N–H and O–H groups in total. The maximum atomic E-state index is 5.86. The maximum absolute atomic E-state index is 5.86. The highest BCUT2D eigenvalue weighted by Gasteiger charge is 2.23. The van der Waals surface area contributed by atoms with Crippen molar-refractivity contribution in [3.63, 3.8) is 0 Å². The van der Waals surface area contributed by atoms with E-state index in [0.29, 0.717) is 6.04 Å². The number of ether oxygens (including phenoxy) is 1. The predicted molar refractivity (Wildman–Crippen MR) is 88.9 cm³/mol. The van der Waals surface area contributed by atoms with Crippen molar-refractivity contribution in [3.05, 3.63) is 28.8 Å². The van der Waals surface area contributed by atoms with E-state index in [4.69, 9.17) is 4.74 Å². The Bertz CT molecular complexity index is 459. The summed E-state index contributed by atoms with van der Waals surface area (Å²) in [7, 11) is 0. The molecule has 0 spiro atoms. The first-order chi connectivity index (χ1) is 10.2. The highest BCUT2D eigenvalue weighted by atomic mass is 16.5. The van der Waals surface area contributed by atoms with Gasteiger partial charge in [0.25, 0.3) is 0 Å². The Morgan fingerprint density at radius 3 is 2.71 bits per heavy atom. The number of nitrogens with zero attached hydrogens (tertiary/aromatic N) is 1. The number of benzene rings is 1. The van der Waals surface area contributed by atoms with Gasteiger partial charge in [0.1, 0.15) is 5.75 Å². The fourth-order valence-corrected chi connectivity index (χ4v) is 3.15. The third kappa shape index (κ3) is 3.98. The highest BCUT2D eigenvalue weighted by molar-refractivity contribution is 5.44. The van der Waals surface area contributed by atoms with Gasteiger partial charge in [0.2, 0.25) is 0 Å². The molecule has 1 aliphatic rings. The van der Waals surface area contributed by atoms with E-state index in [2.05, 4.69) is 50.0 Å². The molecule has 1 aromatic rings. The third-order valence-corrected chi connectivity index (χ3v) is 4.27. The molecule has 0 aliphatic carbocycles. The molecule has 2 rings (SSSR count). The van der Waals surface area contributed by atoms with Gasteiger partial charge < -0.3 is 10.1 Å². The SMILES string of the molecule is CCCN1Cc2cc(OCC)c(CNCC)cc2CC1C. The normalized spacial score (nSPS) is 18.6. The first kappa shape index (κ1) is 16.3. The molecule has 1 unspecified atom stereocenters. The van der Waals surface area contributed by atoms with Crippen molar-refractivity contribution < 1.29 is 4.74 Å². The molecular formula is C18H30N2O. The summed E-state index contributed by atoms with van der Waals surface area (Å²) in [5.41, 5.74) is 4.25. The van der Waals surface area contributed by atoms with E-state index in [9.17, 15) is 0 Å². The van der Waals surface area contributed by atoms with Crippen LogP contribution < -0.4 is 10.1 Å². The Morgan fingerprint density at radius 2 is 2.05 bits per heavy atom. The molecule has 1 heterocycles. The van der Waals surface area contributed by atoms with Crippen LogP contribution in [0.5, 0.6) is 5.75 Å². The lowest BCUT2D eigenvalue weighted by Gasteiger charge is -2.35. The largest absolute Gasteiger partial charge is 0.494 e. The van der Waals surface area contributed by atoms with Crippen molar-refractivity contribution in [1.29, 1.82) is 0 Å². The topological polar surface area (TPSA) is 24.5 Å². The van der Waals surface area contributed by atoms with Gasteiger partial charge in [-0.3, -0.25) is 4.90 Å². The van der Waals surface area contributed by atoms with Crippen LogP contribution >= 0.6 is 0 Å². The molecule has 3 nitrogen and oxygen atoms in total. The summed E-state index contributed by atoms with van der Waals surface area (Å²) in [6.07, 6.45) is 2.37. The number of nitrogens with one attached hydrogen (secondary N) is 1. The van der Waals surface area contributed by atoms with Gasteiger partial charge in [-0.2, -0.15) is 0 Å². The molecule has 1 aliphatic heterocycles. The van der Waals surface area contributed by atoms with E-state index in [1.165, 1.54) is 29.7 Å². The van der Waals surface area contributed by atoms with E-state index in [-0.39, 0.29) is 0 Å².